The minimum Gasteiger partial charge on any atom is -0.319 e. The van der Waals surface area contributed by atoms with Gasteiger partial charge in [0, 0.05) is 35.9 Å². The molecule has 212 valence electrons. The summed E-state index contributed by atoms with van der Waals surface area (Å²) >= 11 is 3.95. The van der Waals surface area contributed by atoms with Gasteiger partial charge in [-0.05, 0) is 84.6 Å². The van der Waals surface area contributed by atoms with E-state index in [4.69, 9.17) is 15.7 Å². The molecule has 1 aliphatic carbocycles. The normalized spacial score (nSPS) is 21.2. The van der Waals surface area contributed by atoms with Gasteiger partial charge in [0.15, 0.2) is 11.3 Å². The Bertz CT molecular complexity index is 1660. The van der Waals surface area contributed by atoms with Gasteiger partial charge in [-0.25, -0.2) is 18.8 Å². The molecule has 9 heteroatoms. The standard InChI is InChI=1S/C33H28BrF2N5O/c34-32(24-14-20-39-21-15-24,29(42)23-4-8-26(35)9-5-23)33(25-6-10-27(36)11-7-25)28(22-12-18-38-19-13-22)40-30(41-33)31(37)16-2-1-3-17-31/h4-15,18-21H,1-3,16-17,37H2. The number of pyridine rings is 2. The van der Waals surface area contributed by atoms with E-state index in [1.807, 2.05) is 12.1 Å². The third-order valence-electron chi connectivity index (χ3n) is 8.24. The van der Waals surface area contributed by atoms with Crippen LogP contribution in [0.3, 0.4) is 0 Å². The van der Waals surface area contributed by atoms with Crippen LogP contribution in [0.15, 0.2) is 108 Å². The molecule has 42 heavy (non-hydrogen) atoms. The van der Waals surface area contributed by atoms with E-state index in [0.717, 1.165) is 19.3 Å². The number of nitrogens with two attached hydrogens (primary N) is 1. The van der Waals surface area contributed by atoms with Crippen LogP contribution < -0.4 is 5.73 Å². The lowest BCUT2D eigenvalue weighted by Gasteiger charge is -2.43. The Hall–Kier alpha value is -3.95. The van der Waals surface area contributed by atoms with E-state index in [2.05, 4.69) is 25.9 Å². The van der Waals surface area contributed by atoms with Crippen LogP contribution in [-0.4, -0.2) is 32.8 Å². The minimum atomic E-state index is -1.65. The van der Waals surface area contributed by atoms with E-state index >= 15 is 0 Å². The summed E-state index contributed by atoms with van der Waals surface area (Å²) in [5, 5.41) is 0. The van der Waals surface area contributed by atoms with Crippen molar-refractivity contribution >= 4 is 33.3 Å². The van der Waals surface area contributed by atoms with E-state index < -0.39 is 27.0 Å². The Balaban J connectivity index is 1.73. The third-order valence-corrected chi connectivity index (χ3v) is 9.63. The van der Waals surface area contributed by atoms with Crippen molar-refractivity contribution in [1.29, 1.82) is 0 Å². The van der Waals surface area contributed by atoms with Gasteiger partial charge in [-0.15, -0.1) is 0 Å². The van der Waals surface area contributed by atoms with Crippen LogP contribution in [-0.2, 0) is 9.86 Å². The van der Waals surface area contributed by atoms with Crippen molar-refractivity contribution in [3.8, 4) is 0 Å². The van der Waals surface area contributed by atoms with E-state index in [1.54, 1.807) is 49.1 Å². The maximum atomic E-state index is 14.9. The number of carbonyl (C=O) groups is 1. The Kier molecular flexibility index (Phi) is 7.41. The highest BCUT2D eigenvalue weighted by molar-refractivity contribution is 9.10. The number of hydrogen-bond acceptors (Lipinski definition) is 6. The first kappa shape index (κ1) is 28.2. The predicted molar refractivity (Wildman–Crippen MR) is 162 cm³/mol. The summed E-state index contributed by atoms with van der Waals surface area (Å²) in [4.78, 5) is 33.8. The number of alkyl halides is 1. The number of aromatic nitrogens is 2. The predicted octanol–water partition coefficient (Wildman–Crippen LogP) is 6.69. The number of Topliss-reactive ketones (excluding diaryl/α,β-unsaturated/α-hetero) is 1. The van der Waals surface area contributed by atoms with Gasteiger partial charge in [0.05, 0.1) is 11.3 Å². The maximum Gasteiger partial charge on any atom is 0.187 e. The number of amidine groups is 1. The van der Waals surface area contributed by atoms with Gasteiger partial charge in [0.25, 0.3) is 0 Å². The van der Waals surface area contributed by atoms with Gasteiger partial charge in [0.2, 0.25) is 0 Å². The molecule has 0 saturated heterocycles. The highest BCUT2D eigenvalue weighted by atomic mass is 79.9. The number of aliphatic imine (C=N–C) groups is 2. The second-order valence-electron chi connectivity index (χ2n) is 10.8. The lowest BCUT2D eigenvalue weighted by atomic mass is 9.67. The Morgan fingerprint density at radius 1 is 0.786 bits per heavy atom. The number of benzene rings is 2. The van der Waals surface area contributed by atoms with Crippen molar-refractivity contribution in [2.75, 3.05) is 0 Å². The molecule has 2 aromatic carbocycles. The number of carbonyl (C=O) groups excluding carboxylic acids is 1. The molecule has 0 spiro atoms. The second kappa shape index (κ2) is 11.0. The third kappa shape index (κ3) is 4.61. The molecule has 2 N–H and O–H groups in total. The zero-order chi connectivity index (χ0) is 29.4. The van der Waals surface area contributed by atoms with Crippen molar-refractivity contribution in [3.63, 3.8) is 0 Å². The molecule has 1 fully saturated rings. The zero-order valence-electron chi connectivity index (χ0n) is 22.7. The first-order valence-electron chi connectivity index (χ1n) is 13.8. The Morgan fingerprint density at radius 2 is 1.33 bits per heavy atom. The van der Waals surface area contributed by atoms with E-state index in [-0.39, 0.29) is 11.3 Å². The molecule has 0 amide bonds. The van der Waals surface area contributed by atoms with Gasteiger partial charge < -0.3 is 5.73 Å². The monoisotopic (exact) mass is 627 g/mol. The van der Waals surface area contributed by atoms with Crippen molar-refractivity contribution in [3.05, 3.63) is 131 Å². The Labute approximate surface area is 251 Å². The average Bonchev–Trinajstić information content (AvgIpc) is 3.45. The SMILES string of the molecule is NC1(C2=NC(c3ccc(F)cc3)(C(Br)(C(=O)c3ccc(F)cc3)c3ccncc3)C(c3ccncc3)=N2)CCCCC1. The van der Waals surface area contributed by atoms with E-state index in [9.17, 15) is 13.6 Å². The maximum absolute atomic E-state index is 14.9. The minimum absolute atomic E-state index is 0.254. The first-order valence-corrected chi connectivity index (χ1v) is 14.6. The molecule has 6 nitrogen and oxygen atoms in total. The molecule has 3 heterocycles. The molecular weight excluding hydrogens is 600 g/mol. The Morgan fingerprint density at radius 3 is 1.93 bits per heavy atom. The largest absolute Gasteiger partial charge is 0.319 e. The zero-order valence-corrected chi connectivity index (χ0v) is 24.3. The molecule has 0 bridgehead atoms. The van der Waals surface area contributed by atoms with Crippen LogP contribution >= 0.6 is 15.9 Å². The summed E-state index contributed by atoms with van der Waals surface area (Å²) in [5.41, 5.74) is 7.14. The van der Waals surface area contributed by atoms with Crippen molar-refractivity contribution in [2.45, 2.75) is 47.5 Å². The van der Waals surface area contributed by atoms with Crippen molar-refractivity contribution in [1.82, 2.24) is 9.97 Å². The number of hydrogen-bond donors (Lipinski definition) is 1. The second-order valence-corrected chi connectivity index (χ2v) is 12.0. The molecule has 1 aliphatic heterocycles. The summed E-state index contributed by atoms with van der Waals surface area (Å²) in [6.07, 6.45) is 10.8. The van der Waals surface area contributed by atoms with E-state index in [0.29, 0.717) is 41.1 Å². The molecule has 6 rings (SSSR count). The van der Waals surface area contributed by atoms with Gasteiger partial charge in [0.1, 0.15) is 21.8 Å². The molecule has 2 unspecified atom stereocenters. The molecule has 4 aromatic rings. The van der Waals surface area contributed by atoms with Crippen LogP contribution in [0.4, 0.5) is 8.78 Å². The number of rotatable bonds is 7. The van der Waals surface area contributed by atoms with Crippen LogP contribution in [0.5, 0.6) is 0 Å². The highest BCUT2D eigenvalue weighted by Crippen LogP contribution is 2.56. The summed E-state index contributed by atoms with van der Waals surface area (Å²) < 4.78 is 26.8. The van der Waals surface area contributed by atoms with Gasteiger partial charge in [-0.2, -0.15) is 0 Å². The topological polar surface area (TPSA) is 93.6 Å². The molecular formula is C33H28BrF2N5O. The fraction of sp³-hybridized carbons (Fsp3) is 0.242. The molecule has 2 aliphatic rings. The summed E-state index contributed by atoms with van der Waals surface area (Å²) in [5.74, 6) is -0.857. The molecule has 2 atom stereocenters. The summed E-state index contributed by atoms with van der Waals surface area (Å²) in [6, 6.07) is 18.4. The summed E-state index contributed by atoms with van der Waals surface area (Å²) in [7, 11) is 0. The quantitative estimate of drug-likeness (QED) is 0.182. The van der Waals surface area contributed by atoms with Crippen molar-refractivity contribution < 1.29 is 13.6 Å². The lowest BCUT2D eigenvalue weighted by molar-refractivity contribution is 0.0916. The fourth-order valence-corrected chi connectivity index (χ4v) is 7.05. The van der Waals surface area contributed by atoms with Crippen LogP contribution in [0, 0.1) is 11.6 Å². The number of halogens is 3. The molecule has 0 radical (unpaired) electrons. The first-order chi connectivity index (χ1) is 20.3. The highest BCUT2D eigenvalue weighted by Gasteiger charge is 2.63. The molecule has 1 saturated carbocycles. The van der Waals surface area contributed by atoms with Crippen LogP contribution in [0.25, 0.3) is 0 Å². The van der Waals surface area contributed by atoms with Gasteiger partial charge in [-0.3, -0.25) is 14.8 Å². The lowest BCUT2D eigenvalue weighted by Crippen LogP contribution is -2.54. The summed E-state index contributed by atoms with van der Waals surface area (Å²) in [6.45, 7) is 0. The van der Waals surface area contributed by atoms with E-state index in [1.165, 1.54) is 36.4 Å². The van der Waals surface area contributed by atoms with Gasteiger partial charge in [-0.1, -0.05) is 47.3 Å². The van der Waals surface area contributed by atoms with Crippen LogP contribution in [0.1, 0.15) is 59.2 Å². The van der Waals surface area contributed by atoms with Crippen LogP contribution in [0.2, 0.25) is 0 Å². The fourth-order valence-electron chi connectivity index (χ4n) is 6.05. The smallest absolute Gasteiger partial charge is 0.187 e. The van der Waals surface area contributed by atoms with Gasteiger partial charge >= 0.3 is 0 Å². The average molecular weight is 629 g/mol. The number of ketones is 1. The molecule has 2 aromatic heterocycles. The number of nitrogens with zero attached hydrogens (tertiary/aromatic N) is 4. The van der Waals surface area contributed by atoms with Crippen molar-refractivity contribution in [2.24, 2.45) is 15.7 Å².